The molecule has 0 radical (unpaired) electrons. The topological polar surface area (TPSA) is 80.3 Å². The van der Waals surface area contributed by atoms with E-state index in [4.69, 9.17) is 4.74 Å². The number of rotatable bonds is 9. The average Bonchev–Trinajstić information content (AvgIpc) is 2.92. The fourth-order valence-electron chi connectivity index (χ4n) is 7.42. The number of carbonyl (C=O) groups excluding carboxylic acids is 2. The lowest BCUT2D eigenvalue weighted by molar-refractivity contribution is -0.118. The number of amides is 2. The van der Waals surface area contributed by atoms with Gasteiger partial charge in [-0.3, -0.25) is 14.6 Å². The van der Waals surface area contributed by atoms with Gasteiger partial charge in [0, 0.05) is 30.2 Å². The molecular weight excluding hydrogens is 474 g/mol. The van der Waals surface area contributed by atoms with Gasteiger partial charge in [0.2, 0.25) is 0 Å². The maximum atomic E-state index is 12.6. The second kappa shape index (κ2) is 10.6. The number of carbonyl (C=O) groups is 2. The number of ether oxygens (including phenoxy) is 1. The molecule has 4 aliphatic carbocycles. The highest BCUT2D eigenvalue weighted by Crippen LogP contribution is 2.60. The molecule has 1 aromatic heterocycles. The molecular formula is C32H35N3O3. The molecule has 0 saturated heterocycles. The standard InChI is InChI=1S/C32H35N3O3/c36-30(35-28-3-1-2-26(17-28)31(37)34-13-10-22-8-11-33-12-9-22)21-38-29-6-4-27(5-7-29)32-18-23-14-24(19-32)16-25(15-23)20-32/h1-9,11-12,17,23-25H,10,13-16,18-21H2,(H,34,37)(H,35,36). The van der Waals surface area contributed by atoms with Gasteiger partial charge in [-0.2, -0.15) is 0 Å². The molecule has 0 atom stereocenters. The minimum atomic E-state index is -0.259. The maximum Gasteiger partial charge on any atom is 0.262 e. The van der Waals surface area contributed by atoms with E-state index in [0.29, 0.717) is 29.0 Å². The van der Waals surface area contributed by atoms with Crippen LogP contribution in [0.25, 0.3) is 0 Å². The summed E-state index contributed by atoms with van der Waals surface area (Å²) in [5.74, 6) is 3.01. The molecule has 1 heterocycles. The third kappa shape index (κ3) is 5.45. The number of hydrogen-bond donors (Lipinski definition) is 2. The summed E-state index contributed by atoms with van der Waals surface area (Å²) < 4.78 is 5.79. The van der Waals surface area contributed by atoms with Crippen LogP contribution >= 0.6 is 0 Å². The molecule has 2 amide bonds. The van der Waals surface area contributed by atoms with Gasteiger partial charge in [0.25, 0.3) is 11.8 Å². The Kier molecular flexibility index (Phi) is 6.88. The summed E-state index contributed by atoms with van der Waals surface area (Å²) in [5, 5.41) is 5.76. The van der Waals surface area contributed by atoms with Crippen molar-refractivity contribution < 1.29 is 14.3 Å². The van der Waals surface area contributed by atoms with E-state index in [2.05, 4.69) is 27.8 Å². The quantitative estimate of drug-likeness (QED) is 0.397. The predicted octanol–water partition coefficient (Wildman–Crippen LogP) is 5.54. The number of pyridine rings is 1. The number of aromatic nitrogens is 1. The number of hydrogen-bond acceptors (Lipinski definition) is 4. The first-order valence-electron chi connectivity index (χ1n) is 13.8. The van der Waals surface area contributed by atoms with Gasteiger partial charge >= 0.3 is 0 Å². The van der Waals surface area contributed by atoms with Gasteiger partial charge in [-0.05, 0) is 122 Å². The molecule has 7 rings (SSSR count). The molecule has 0 aliphatic heterocycles. The Balaban J connectivity index is 0.989. The molecule has 6 heteroatoms. The number of nitrogens with zero attached hydrogens (tertiary/aromatic N) is 1. The highest BCUT2D eigenvalue weighted by molar-refractivity contribution is 5.97. The highest BCUT2D eigenvalue weighted by atomic mass is 16.5. The molecule has 4 saturated carbocycles. The fraction of sp³-hybridized carbons (Fsp3) is 0.406. The van der Waals surface area contributed by atoms with Crippen LogP contribution in [0.2, 0.25) is 0 Å². The normalized spacial score (nSPS) is 25.1. The Morgan fingerprint density at radius 3 is 2.26 bits per heavy atom. The first-order valence-corrected chi connectivity index (χ1v) is 13.8. The van der Waals surface area contributed by atoms with Crippen molar-refractivity contribution in [2.75, 3.05) is 18.5 Å². The van der Waals surface area contributed by atoms with Gasteiger partial charge in [-0.25, -0.2) is 0 Å². The molecule has 2 N–H and O–H groups in total. The smallest absolute Gasteiger partial charge is 0.262 e. The molecule has 0 unspecified atom stereocenters. The van der Waals surface area contributed by atoms with Crippen molar-refractivity contribution >= 4 is 17.5 Å². The van der Waals surface area contributed by atoms with Crippen molar-refractivity contribution in [3.05, 3.63) is 89.7 Å². The van der Waals surface area contributed by atoms with Crippen LogP contribution in [0.5, 0.6) is 5.75 Å². The van der Waals surface area contributed by atoms with Crippen molar-refractivity contribution in [3.8, 4) is 5.75 Å². The second-order valence-corrected chi connectivity index (χ2v) is 11.5. The van der Waals surface area contributed by atoms with Crippen molar-refractivity contribution in [3.63, 3.8) is 0 Å². The summed E-state index contributed by atoms with van der Waals surface area (Å²) in [4.78, 5) is 29.1. The van der Waals surface area contributed by atoms with E-state index >= 15 is 0 Å². The molecule has 4 fully saturated rings. The average molecular weight is 510 g/mol. The number of anilines is 1. The molecule has 4 aliphatic rings. The molecule has 0 spiro atoms. The fourth-order valence-corrected chi connectivity index (χ4v) is 7.42. The zero-order chi connectivity index (χ0) is 26.0. The van der Waals surface area contributed by atoms with Crippen molar-refractivity contribution in [1.82, 2.24) is 10.3 Å². The van der Waals surface area contributed by atoms with Gasteiger partial charge in [0.15, 0.2) is 6.61 Å². The van der Waals surface area contributed by atoms with E-state index in [-0.39, 0.29) is 18.4 Å². The Hall–Kier alpha value is -3.67. The van der Waals surface area contributed by atoms with Gasteiger partial charge in [0.05, 0.1) is 0 Å². The van der Waals surface area contributed by atoms with E-state index in [1.165, 1.54) is 44.1 Å². The van der Waals surface area contributed by atoms with Crippen molar-refractivity contribution in [2.45, 2.75) is 50.4 Å². The minimum absolute atomic E-state index is 0.0843. The van der Waals surface area contributed by atoms with Crippen LogP contribution in [0.4, 0.5) is 5.69 Å². The zero-order valence-corrected chi connectivity index (χ0v) is 21.7. The summed E-state index contributed by atoms with van der Waals surface area (Å²) in [5.41, 5.74) is 3.99. The minimum Gasteiger partial charge on any atom is -0.484 e. The van der Waals surface area contributed by atoms with Crippen LogP contribution in [-0.4, -0.2) is 29.9 Å². The predicted molar refractivity (Wildman–Crippen MR) is 147 cm³/mol. The van der Waals surface area contributed by atoms with E-state index in [1.54, 1.807) is 36.7 Å². The van der Waals surface area contributed by atoms with E-state index < -0.39 is 0 Å². The highest BCUT2D eigenvalue weighted by Gasteiger charge is 2.51. The van der Waals surface area contributed by atoms with Gasteiger partial charge in [-0.1, -0.05) is 18.2 Å². The lowest BCUT2D eigenvalue weighted by atomic mass is 9.48. The molecule has 2 aromatic carbocycles. The third-order valence-electron chi connectivity index (χ3n) is 8.73. The third-order valence-corrected chi connectivity index (χ3v) is 8.73. The Bertz CT molecular complexity index is 1250. The Morgan fingerprint density at radius 1 is 0.895 bits per heavy atom. The van der Waals surface area contributed by atoms with Crippen LogP contribution in [0, 0.1) is 17.8 Å². The van der Waals surface area contributed by atoms with Crippen LogP contribution in [0.15, 0.2) is 73.1 Å². The van der Waals surface area contributed by atoms with E-state index in [1.807, 2.05) is 24.3 Å². The summed E-state index contributed by atoms with van der Waals surface area (Å²) >= 11 is 0. The number of benzene rings is 2. The lowest BCUT2D eigenvalue weighted by Crippen LogP contribution is -2.48. The largest absolute Gasteiger partial charge is 0.484 e. The van der Waals surface area contributed by atoms with Crippen LogP contribution in [-0.2, 0) is 16.6 Å². The molecule has 38 heavy (non-hydrogen) atoms. The van der Waals surface area contributed by atoms with Crippen molar-refractivity contribution in [1.29, 1.82) is 0 Å². The molecule has 196 valence electrons. The van der Waals surface area contributed by atoms with Gasteiger partial charge < -0.3 is 15.4 Å². The van der Waals surface area contributed by atoms with E-state index in [9.17, 15) is 9.59 Å². The van der Waals surface area contributed by atoms with Gasteiger partial charge in [-0.15, -0.1) is 0 Å². The summed E-state index contributed by atoms with van der Waals surface area (Å²) in [6.07, 6.45) is 12.5. The first kappa shape index (κ1) is 24.7. The van der Waals surface area contributed by atoms with E-state index in [0.717, 1.165) is 29.7 Å². The SMILES string of the molecule is O=C(COc1ccc(C23CC4CC(CC(C4)C2)C3)cc1)Nc1cccc(C(=O)NCCc2ccncc2)c1. The maximum absolute atomic E-state index is 12.6. The van der Waals surface area contributed by atoms with Crippen LogP contribution in [0.1, 0.15) is 60.0 Å². The van der Waals surface area contributed by atoms with Crippen LogP contribution < -0.4 is 15.4 Å². The summed E-state index contributed by atoms with van der Waals surface area (Å²) in [7, 11) is 0. The lowest BCUT2D eigenvalue weighted by Gasteiger charge is -2.57. The van der Waals surface area contributed by atoms with Crippen molar-refractivity contribution in [2.24, 2.45) is 17.8 Å². The van der Waals surface area contributed by atoms with Gasteiger partial charge in [0.1, 0.15) is 5.75 Å². The monoisotopic (exact) mass is 509 g/mol. The Labute approximate surface area is 224 Å². The molecule has 6 nitrogen and oxygen atoms in total. The summed E-state index contributed by atoms with van der Waals surface area (Å²) in [6, 6.07) is 19.3. The Morgan fingerprint density at radius 2 is 1.58 bits per heavy atom. The van der Waals surface area contributed by atoms with Crippen LogP contribution in [0.3, 0.4) is 0 Å². The zero-order valence-electron chi connectivity index (χ0n) is 21.7. The first-order chi connectivity index (χ1) is 18.5. The summed E-state index contributed by atoms with van der Waals surface area (Å²) in [6.45, 7) is 0.438. The molecule has 3 aromatic rings. The second-order valence-electron chi connectivity index (χ2n) is 11.5. The molecule has 4 bridgehead atoms. The number of nitrogens with one attached hydrogen (secondary N) is 2.